The number of phenolic OH excluding ortho intramolecular Hbond substituents is 1. The third-order valence-electron chi connectivity index (χ3n) is 13.3. The highest BCUT2D eigenvalue weighted by Crippen LogP contribution is 2.58. The minimum Gasteiger partial charge on any atom is -0.502 e. The van der Waals surface area contributed by atoms with E-state index in [0.29, 0.717) is 46.8 Å². The van der Waals surface area contributed by atoms with E-state index in [1.165, 1.54) is 18.2 Å². The summed E-state index contributed by atoms with van der Waals surface area (Å²) in [5, 5.41) is 52.7. The molecule has 4 aromatic carbocycles. The van der Waals surface area contributed by atoms with Crippen molar-refractivity contribution in [3.8, 4) is 45.6 Å². The van der Waals surface area contributed by atoms with Gasteiger partial charge in [-0.3, -0.25) is 5.32 Å². The van der Waals surface area contributed by atoms with Crippen LogP contribution in [-0.2, 0) is 18.3 Å². The molecule has 0 spiro atoms. The van der Waals surface area contributed by atoms with Crippen molar-refractivity contribution in [2.24, 2.45) is 11.8 Å². The van der Waals surface area contributed by atoms with Gasteiger partial charge in [-0.2, -0.15) is 0 Å². The van der Waals surface area contributed by atoms with Gasteiger partial charge in [0.1, 0.15) is 24.0 Å². The van der Waals surface area contributed by atoms with Gasteiger partial charge in [0.25, 0.3) is 0 Å². The summed E-state index contributed by atoms with van der Waals surface area (Å²) in [4.78, 5) is 0. The number of phenols is 1. The van der Waals surface area contributed by atoms with Crippen molar-refractivity contribution in [2.75, 3.05) is 52.6 Å². The predicted octanol–water partition coefficient (Wildman–Crippen LogP) is 6.89. The number of methoxy groups -OCH3 is 2. The Morgan fingerprint density at radius 1 is 0.930 bits per heavy atom. The Balaban J connectivity index is 1.06. The molecule has 300 valence electrons. The van der Waals surface area contributed by atoms with Gasteiger partial charge < -0.3 is 49.4 Å². The third kappa shape index (κ3) is 6.00. The summed E-state index contributed by atoms with van der Waals surface area (Å²) in [6.07, 6.45) is 7.97. The van der Waals surface area contributed by atoms with E-state index in [9.17, 15) is 20.4 Å². The lowest BCUT2D eigenvalue weighted by Gasteiger charge is -2.50. The van der Waals surface area contributed by atoms with Gasteiger partial charge in [-0.25, -0.2) is 0 Å². The number of aliphatic hydroxyl groups excluding tert-OH is 3. The molecule has 3 aliphatic carbocycles. The average Bonchev–Trinajstić information content (AvgIpc) is 3.23. The van der Waals surface area contributed by atoms with Crippen LogP contribution < -0.4 is 34.3 Å². The molecule has 6 atom stereocenters. The summed E-state index contributed by atoms with van der Waals surface area (Å²) in [7, 11) is 3.14. The van der Waals surface area contributed by atoms with E-state index in [1.54, 1.807) is 19.2 Å². The molecule has 1 saturated carbocycles. The Hall–Kier alpha value is -4.94. The minimum absolute atomic E-state index is 0.0683. The Bertz CT molecular complexity index is 2220. The van der Waals surface area contributed by atoms with Crippen LogP contribution in [0.15, 0.2) is 54.6 Å². The molecule has 9 rings (SSSR count). The van der Waals surface area contributed by atoms with Crippen LogP contribution in [0.4, 0.5) is 5.69 Å². The molecule has 11 nitrogen and oxygen atoms in total. The van der Waals surface area contributed by atoms with Gasteiger partial charge in [0, 0.05) is 57.3 Å². The van der Waals surface area contributed by atoms with Crippen molar-refractivity contribution in [1.29, 1.82) is 0 Å². The van der Waals surface area contributed by atoms with E-state index in [2.05, 4.69) is 47.1 Å². The maximum absolute atomic E-state index is 12.4. The number of aliphatic hydroxyl groups is 3. The van der Waals surface area contributed by atoms with E-state index in [0.717, 1.165) is 60.2 Å². The smallest absolute Gasteiger partial charge is 0.200 e. The number of allylic oxidation sites excluding steroid dienone is 1. The summed E-state index contributed by atoms with van der Waals surface area (Å²) in [5.74, 6) is 1.60. The quantitative estimate of drug-likeness (QED) is 0.0660. The Labute approximate surface area is 333 Å². The molecule has 4 aromatic rings. The number of aromatic hydroxyl groups is 1. The number of ether oxygens (including phenoxy) is 5. The summed E-state index contributed by atoms with van der Waals surface area (Å²) in [6.45, 7) is 3.27. The second kappa shape index (κ2) is 15.1. The number of rotatable bonds is 12. The fourth-order valence-corrected chi connectivity index (χ4v) is 10.6. The normalized spacial score (nSPS) is 24.1. The molecule has 6 unspecified atom stereocenters. The third-order valence-corrected chi connectivity index (χ3v) is 13.3. The van der Waals surface area contributed by atoms with Crippen LogP contribution in [0.1, 0.15) is 89.8 Å². The standard InChI is InChI=1S/C46H52N2O9/c1-4-47-24-57-36-20-34(53-2)29-14-15-30-39-33(48-45(52)42(36)41(29)39)19-35-40(30)43(50)31(23-56-35)26-17-37(54-3)44(51)38(18-26)55-22-28(21-49)46-16-8-7-10-27(46)13-12-25-9-5-6-11-32(25)46/h5-6,9,11-13,17-20,27-28,31,43,45,47-52H,4,7-8,10,14-16,21-24H2,1-3H3. The average molecular weight is 777 g/mol. The fourth-order valence-electron chi connectivity index (χ4n) is 10.6. The lowest BCUT2D eigenvalue weighted by molar-refractivity contribution is 0.0465. The molecule has 0 aromatic heterocycles. The van der Waals surface area contributed by atoms with Crippen LogP contribution in [0.5, 0.6) is 34.5 Å². The highest BCUT2D eigenvalue weighted by molar-refractivity contribution is 5.93. The van der Waals surface area contributed by atoms with E-state index >= 15 is 0 Å². The molecule has 0 saturated heterocycles. The fraction of sp³-hybridized carbons (Fsp3) is 0.435. The van der Waals surface area contributed by atoms with Crippen LogP contribution >= 0.6 is 0 Å². The molecule has 5 aliphatic rings. The molecule has 2 aliphatic heterocycles. The lowest BCUT2D eigenvalue weighted by Crippen LogP contribution is -2.49. The van der Waals surface area contributed by atoms with Crippen LogP contribution in [0.2, 0.25) is 0 Å². The van der Waals surface area contributed by atoms with E-state index in [4.69, 9.17) is 23.7 Å². The zero-order valence-corrected chi connectivity index (χ0v) is 32.8. The van der Waals surface area contributed by atoms with Crippen LogP contribution in [-0.4, -0.2) is 67.7 Å². The zero-order valence-electron chi connectivity index (χ0n) is 32.8. The first kappa shape index (κ1) is 37.6. The number of benzene rings is 4. The molecule has 0 bridgehead atoms. The van der Waals surface area contributed by atoms with Gasteiger partial charge in [0.15, 0.2) is 17.7 Å². The highest BCUT2D eigenvalue weighted by atomic mass is 16.5. The van der Waals surface area contributed by atoms with Crippen molar-refractivity contribution in [3.63, 3.8) is 0 Å². The SMILES string of the molecule is CCNCOc1cc(OC)c2c3c1C(O)Nc1cc4c(c(c1-3)CC2)C(O)C(c1cc(OC)c(O)c(OCC(CO)C23CCCCC2C=Cc2ccccc23)c1)CO4. The van der Waals surface area contributed by atoms with Crippen LogP contribution in [0.3, 0.4) is 0 Å². The van der Waals surface area contributed by atoms with Crippen molar-refractivity contribution in [2.45, 2.75) is 69.1 Å². The monoisotopic (exact) mass is 776 g/mol. The maximum Gasteiger partial charge on any atom is 0.200 e. The van der Waals surface area contributed by atoms with Crippen LogP contribution in [0, 0.1) is 11.8 Å². The largest absolute Gasteiger partial charge is 0.502 e. The first-order chi connectivity index (χ1) is 27.8. The maximum atomic E-state index is 12.4. The first-order valence-corrected chi connectivity index (χ1v) is 20.3. The lowest BCUT2D eigenvalue weighted by atomic mass is 9.54. The molecule has 11 heteroatoms. The second-order valence-electron chi connectivity index (χ2n) is 15.9. The molecule has 0 amide bonds. The molecule has 1 fully saturated rings. The minimum atomic E-state index is -1.03. The van der Waals surface area contributed by atoms with Gasteiger partial charge in [-0.15, -0.1) is 0 Å². The summed E-state index contributed by atoms with van der Waals surface area (Å²) >= 11 is 0. The van der Waals surface area contributed by atoms with E-state index in [-0.39, 0.29) is 61.1 Å². The number of hydrogen-bond acceptors (Lipinski definition) is 11. The first-order valence-electron chi connectivity index (χ1n) is 20.3. The van der Waals surface area contributed by atoms with Gasteiger partial charge in [0.05, 0.1) is 45.7 Å². The number of fused-ring (bicyclic) bond motifs is 5. The van der Waals surface area contributed by atoms with Crippen LogP contribution in [0.25, 0.3) is 17.2 Å². The summed E-state index contributed by atoms with van der Waals surface area (Å²) in [5.41, 5.74) is 8.55. The number of anilines is 1. The van der Waals surface area contributed by atoms with Crippen molar-refractivity contribution in [1.82, 2.24) is 5.32 Å². The second-order valence-corrected chi connectivity index (χ2v) is 15.9. The van der Waals surface area contributed by atoms with Gasteiger partial charge in [0.2, 0.25) is 5.75 Å². The summed E-state index contributed by atoms with van der Waals surface area (Å²) < 4.78 is 30.7. The molecule has 2 heterocycles. The van der Waals surface area contributed by atoms with Crippen molar-refractivity contribution >= 4 is 11.8 Å². The molecule has 6 N–H and O–H groups in total. The number of hydrogen-bond donors (Lipinski definition) is 6. The Kier molecular flexibility index (Phi) is 9.97. The molecule has 57 heavy (non-hydrogen) atoms. The topological polar surface area (TPSA) is 151 Å². The Morgan fingerprint density at radius 2 is 1.74 bits per heavy atom. The molecule has 0 radical (unpaired) electrons. The van der Waals surface area contributed by atoms with Crippen molar-refractivity contribution < 1.29 is 44.1 Å². The Morgan fingerprint density at radius 3 is 2.54 bits per heavy atom. The zero-order chi connectivity index (χ0) is 39.4. The number of nitrogens with one attached hydrogen (secondary N) is 2. The predicted molar refractivity (Wildman–Crippen MR) is 217 cm³/mol. The highest BCUT2D eigenvalue weighted by Gasteiger charge is 2.49. The molecular weight excluding hydrogens is 725 g/mol. The van der Waals surface area contributed by atoms with Gasteiger partial charge in [-0.1, -0.05) is 56.2 Å². The van der Waals surface area contributed by atoms with E-state index in [1.807, 2.05) is 19.1 Å². The molecular formula is C46H52N2O9. The van der Waals surface area contributed by atoms with Gasteiger partial charge in [-0.05, 0) is 72.5 Å². The van der Waals surface area contributed by atoms with E-state index < -0.39 is 18.2 Å². The van der Waals surface area contributed by atoms with Gasteiger partial charge >= 0.3 is 0 Å². The summed E-state index contributed by atoms with van der Waals surface area (Å²) in [6, 6.07) is 15.7. The van der Waals surface area contributed by atoms with Crippen molar-refractivity contribution in [3.05, 3.63) is 93.6 Å².